The molecule has 0 spiro atoms. The second kappa shape index (κ2) is 5.65. The van der Waals surface area contributed by atoms with Crippen LogP contribution in [0, 0.1) is 0 Å². The molecule has 0 aliphatic heterocycles. The molecule has 0 radical (unpaired) electrons. The first kappa shape index (κ1) is 13.9. The number of benzene rings is 2. The smallest absolute Gasteiger partial charge is 0.247 e. The van der Waals surface area contributed by atoms with Crippen molar-refractivity contribution in [3.63, 3.8) is 0 Å². The first-order valence-electron chi connectivity index (χ1n) is 6.34. The Labute approximate surface area is 118 Å². The van der Waals surface area contributed by atoms with Gasteiger partial charge in [-0.25, -0.2) is 0 Å². The van der Waals surface area contributed by atoms with Crippen LogP contribution in [0.25, 0.3) is 0 Å². The van der Waals surface area contributed by atoms with Crippen molar-refractivity contribution in [2.45, 2.75) is 12.5 Å². The molecule has 2 aromatic carbocycles. The predicted octanol–water partition coefficient (Wildman–Crippen LogP) is 2.51. The maximum atomic E-state index is 11.9. The van der Waals surface area contributed by atoms with Crippen LogP contribution in [-0.2, 0) is 10.3 Å². The van der Waals surface area contributed by atoms with E-state index in [0.717, 1.165) is 11.3 Å². The Bertz CT molecular complexity index is 598. The molecule has 20 heavy (non-hydrogen) atoms. The number of methoxy groups -OCH3 is 1. The molecule has 1 atom stereocenters. The number of ether oxygens (including phenoxy) is 1. The largest absolute Gasteiger partial charge is 0.495 e. The lowest BCUT2D eigenvalue weighted by Gasteiger charge is -2.29. The molecule has 0 aliphatic rings. The number of para-hydroxylation sites is 2. The van der Waals surface area contributed by atoms with Gasteiger partial charge < -0.3 is 15.8 Å². The molecular weight excluding hydrogens is 252 g/mol. The van der Waals surface area contributed by atoms with Crippen molar-refractivity contribution in [2.75, 3.05) is 12.4 Å². The summed E-state index contributed by atoms with van der Waals surface area (Å²) in [6.07, 6.45) is 0. The van der Waals surface area contributed by atoms with Crippen LogP contribution in [0.4, 0.5) is 5.69 Å². The third-order valence-electron chi connectivity index (χ3n) is 3.34. The molecule has 2 rings (SSSR count). The number of nitrogens with two attached hydrogens (primary N) is 1. The van der Waals surface area contributed by atoms with Crippen molar-refractivity contribution >= 4 is 11.6 Å². The van der Waals surface area contributed by atoms with E-state index in [9.17, 15) is 4.79 Å². The van der Waals surface area contributed by atoms with E-state index in [0.29, 0.717) is 5.75 Å². The lowest BCUT2D eigenvalue weighted by molar-refractivity contribution is -0.122. The van der Waals surface area contributed by atoms with Gasteiger partial charge in [-0.05, 0) is 24.6 Å². The zero-order chi connectivity index (χ0) is 14.6. The van der Waals surface area contributed by atoms with Gasteiger partial charge in [0.2, 0.25) is 5.91 Å². The molecule has 4 nitrogen and oxygen atoms in total. The van der Waals surface area contributed by atoms with Gasteiger partial charge in [-0.15, -0.1) is 0 Å². The van der Waals surface area contributed by atoms with E-state index in [1.165, 1.54) is 0 Å². The minimum atomic E-state index is -1.00. The first-order valence-corrected chi connectivity index (χ1v) is 6.34. The Morgan fingerprint density at radius 3 is 2.30 bits per heavy atom. The van der Waals surface area contributed by atoms with Crippen molar-refractivity contribution in [1.82, 2.24) is 0 Å². The van der Waals surface area contributed by atoms with Gasteiger partial charge in [0, 0.05) is 0 Å². The van der Waals surface area contributed by atoms with Gasteiger partial charge >= 0.3 is 0 Å². The first-order chi connectivity index (χ1) is 9.58. The molecule has 0 heterocycles. The summed E-state index contributed by atoms with van der Waals surface area (Å²) in [5, 5.41) is 3.19. The summed E-state index contributed by atoms with van der Waals surface area (Å²) >= 11 is 0. The van der Waals surface area contributed by atoms with Crippen molar-refractivity contribution in [3.8, 4) is 5.75 Å². The average molecular weight is 270 g/mol. The van der Waals surface area contributed by atoms with Gasteiger partial charge in [0.15, 0.2) is 0 Å². The molecule has 0 aromatic heterocycles. The van der Waals surface area contributed by atoms with Crippen LogP contribution in [0.2, 0.25) is 0 Å². The van der Waals surface area contributed by atoms with Gasteiger partial charge in [-0.3, -0.25) is 4.79 Å². The maximum Gasteiger partial charge on any atom is 0.247 e. The summed E-state index contributed by atoms with van der Waals surface area (Å²) in [7, 11) is 1.59. The minimum absolute atomic E-state index is 0.449. The third kappa shape index (κ3) is 2.59. The molecule has 1 amide bonds. The second-order valence-electron chi connectivity index (χ2n) is 4.68. The molecule has 1 unspecified atom stereocenters. The molecule has 3 N–H and O–H groups in total. The molecule has 0 saturated heterocycles. The van der Waals surface area contributed by atoms with Crippen LogP contribution in [0.3, 0.4) is 0 Å². The van der Waals surface area contributed by atoms with Crippen molar-refractivity contribution in [1.29, 1.82) is 0 Å². The standard InChI is InChI=1S/C16H18N2O2/c1-16(15(17)19,12-8-4-3-5-9-12)18-13-10-6-7-11-14(13)20-2/h3-11,18H,1-2H3,(H2,17,19). The van der Waals surface area contributed by atoms with E-state index in [2.05, 4.69) is 5.32 Å². The zero-order valence-electron chi connectivity index (χ0n) is 11.6. The Balaban J connectivity index is 2.43. The van der Waals surface area contributed by atoms with Crippen LogP contribution in [0.5, 0.6) is 5.75 Å². The summed E-state index contributed by atoms with van der Waals surface area (Å²) in [6.45, 7) is 1.76. The average Bonchev–Trinajstić information content (AvgIpc) is 2.48. The lowest BCUT2D eigenvalue weighted by Crippen LogP contribution is -2.45. The predicted molar refractivity (Wildman–Crippen MR) is 79.6 cm³/mol. The maximum absolute atomic E-state index is 11.9. The van der Waals surface area contributed by atoms with Gasteiger partial charge in [-0.1, -0.05) is 42.5 Å². The van der Waals surface area contributed by atoms with Gasteiger partial charge in [-0.2, -0.15) is 0 Å². The van der Waals surface area contributed by atoms with Gasteiger partial charge in [0.25, 0.3) is 0 Å². The number of carbonyl (C=O) groups is 1. The number of anilines is 1. The topological polar surface area (TPSA) is 64.3 Å². The normalized spacial score (nSPS) is 13.3. The van der Waals surface area contributed by atoms with Crippen molar-refractivity contribution in [3.05, 3.63) is 60.2 Å². The number of rotatable bonds is 5. The van der Waals surface area contributed by atoms with E-state index in [-0.39, 0.29) is 0 Å². The van der Waals surface area contributed by atoms with Gasteiger partial charge in [0.05, 0.1) is 12.8 Å². The summed E-state index contributed by atoms with van der Waals surface area (Å²) in [5.74, 6) is 0.213. The van der Waals surface area contributed by atoms with Crippen molar-refractivity contribution < 1.29 is 9.53 Å². The molecule has 2 aromatic rings. The summed E-state index contributed by atoms with van der Waals surface area (Å²) in [5.41, 5.74) is 6.12. The SMILES string of the molecule is COc1ccccc1NC(C)(C(N)=O)c1ccccc1. The third-order valence-corrected chi connectivity index (χ3v) is 3.34. The number of nitrogens with one attached hydrogen (secondary N) is 1. The summed E-state index contributed by atoms with van der Waals surface area (Å²) in [6, 6.07) is 16.8. The number of carbonyl (C=O) groups excluding carboxylic acids is 1. The molecule has 4 heteroatoms. The van der Waals surface area contributed by atoms with Crippen molar-refractivity contribution in [2.24, 2.45) is 5.73 Å². The fourth-order valence-electron chi connectivity index (χ4n) is 2.06. The van der Waals surface area contributed by atoms with Gasteiger partial charge in [0.1, 0.15) is 11.3 Å². The van der Waals surface area contributed by atoms with E-state index >= 15 is 0 Å². The zero-order valence-corrected chi connectivity index (χ0v) is 11.6. The monoisotopic (exact) mass is 270 g/mol. The summed E-state index contributed by atoms with van der Waals surface area (Å²) < 4.78 is 5.29. The molecule has 0 fully saturated rings. The number of amides is 1. The van der Waals surface area contributed by atoms with E-state index < -0.39 is 11.4 Å². The van der Waals surface area contributed by atoms with E-state index in [4.69, 9.17) is 10.5 Å². The van der Waals surface area contributed by atoms with Crippen LogP contribution in [-0.4, -0.2) is 13.0 Å². The number of hydrogen-bond acceptors (Lipinski definition) is 3. The molecule has 0 aliphatic carbocycles. The fourth-order valence-corrected chi connectivity index (χ4v) is 2.06. The molecular formula is C16H18N2O2. The van der Waals surface area contributed by atoms with Crippen LogP contribution in [0.1, 0.15) is 12.5 Å². The summed E-state index contributed by atoms with van der Waals surface area (Å²) in [4.78, 5) is 11.9. The second-order valence-corrected chi connectivity index (χ2v) is 4.68. The molecule has 0 saturated carbocycles. The number of primary amides is 1. The van der Waals surface area contributed by atoms with Crippen LogP contribution < -0.4 is 15.8 Å². The fraction of sp³-hybridized carbons (Fsp3) is 0.188. The Morgan fingerprint density at radius 2 is 1.70 bits per heavy atom. The van der Waals surface area contributed by atoms with E-state index in [1.54, 1.807) is 14.0 Å². The van der Waals surface area contributed by atoms with E-state index in [1.807, 2.05) is 54.6 Å². The molecule has 104 valence electrons. The highest BCUT2D eigenvalue weighted by atomic mass is 16.5. The quantitative estimate of drug-likeness (QED) is 0.877. The molecule has 0 bridgehead atoms. The van der Waals surface area contributed by atoms with Crippen LogP contribution >= 0.6 is 0 Å². The minimum Gasteiger partial charge on any atom is -0.495 e. The highest BCUT2D eigenvalue weighted by Crippen LogP contribution is 2.31. The number of hydrogen-bond donors (Lipinski definition) is 2. The van der Waals surface area contributed by atoms with Crippen LogP contribution in [0.15, 0.2) is 54.6 Å². The Kier molecular flexibility index (Phi) is 3.94. The highest BCUT2D eigenvalue weighted by molar-refractivity contribution is 5.89. The lowest BCUT2D eigenvalue weighted by atomic mass is 9.91. The Morgan fingerprint density at radius 1 is 1.10 bits per heavy atom. The highest BCUT2D eigenvalue weighted by Gasteiger charge is 2.33. The Hall–Kier alpha value is -2.49.